The summed E-state index contributed by atoms with van der Waals surface area (Å²) >= 11 is 0. The second-order valence-corrected chi connectivity index (χ2v) is 3.71. The molecule has 1 aromatic heterocycles. The molecule has 7 heteroatoms. The molecule has 0 spiro atoms. The molecule has 2 rings (SSSR count). The molecule has 0 aliphatic rings. The summed E-state index contributed by atoms with van der Waals surface area (Å²) in [7, 11) is 0. The molecular weight excluding hydrogens is 247 g/mol. The molecular formula is C13H6LiN6. The zero-order chi connectivity index (χ0) is 14.0. The van der Waals surface area contributed by atoms with Crippen LogP contribution in [0.15, 0.2) is 0 Å². The van der Waals surface area contributed by atoms with Crippen molar-refractivity contribution >= 4 is 29.9 Å². The van der Waals surface area contributed by atoms with Gasteiger partial charge in [-0.2, -0.15) is 21.0 Å². The predicted molar refractivity (Wildman–Crippen MR) is 70.1 cm³/mol. The third-order valence-corrected chi connectivity index (χ3v) is 2.77. The van der Waals surface area contributed by atoms with Gasteiger partial charge in [0.25, 0.3) is 0 Å². The van der Waals surface area contributed by atoms with Gasteiger partial charge in [0.1, 0.15) is 35.6 Å². The minimum absolute atomic E-state index is 0. The number of fused-ring (bicyclic) bond motifs is 1. The fourth-order valence-corrected chi connectivity index (χ4v) is 1.89. The second-order valence-electron chi connectivity index (χ2n) is 3.71. The summed E-state index contributed by atoms with van der Waals surface area (Å²) in [5.74, 6) is 0.599. The molecule has 0 aliphatic carbocycles. The van der Waals surface area contributed by atoms with Gasteiger partial charge < -0.3 is 4.98 Å². The van der Waals surface area contributed by atoms with Crippen LogP contribution in [0.1, 0.15) is 35.0 Å². The number of aromatic amines is 1. The molecule has 0 fully saturated rings. The summed E-state index contributed by atoms with van der Waals surface area (Å²) < 4.78 is 0. The fourth-order valence-electron chi connectivity index (χ4n) is 1.89. The smallest absolute Gasteiger partial charge is 0.109 e. The summed E-state index contributed by atoms with van der Waals surface area (Å²) in [6, 6.07) is 7.41. The quantitative estimate of drug-likeness (QED) is 0.765. The van der Waals surface area contributed by atoms with Gasteiger partial charge in [-0.1, -0.05) is 6.92 Å². The SMILES string of the molecule is CCc1nc2c(C#N)c(C#N)c(C#N)c(C#N)c2[nH]1.[Li]. The summed E-state index contributed by atoms with van der Waals surface area (Å²) in [5, 5.41) is 36.6. The van der Waals surface area contributed by atoms with Crippen molar-refractivity contribution in [3.63, 3.8) is 0 Å². The maximum Gasteiger partial charge on any atom is 0.109 e. The molecule has 1 radical (unpaired) electrons. The number of benzene rings is 1. The molecule has 2 aromatic rings. The Balaban J connectivity index is 0.00000200. The van der Waals surface area contributed by atoms with Crippen LogP contribution in [0.3, 0.4) is 0 Å². The van der Waals surface area contributed by atoms with Crippen molar-refractivity contribution in [2.24, 2.45) is 0 Å². The molecule has 1 N–H and O–H groups in total. The average molecular weight is 253 g/mol. The van der Waals surface area contributed by atoms with E-state index in [0.717, 1.165) is 0 Å². The minimum Gasteiger partial charge on any atom is -0.341 e. The summed E-state index contributed by atoms with van der Waals surface area (Å²) in [6.45, 7) is 1.87. The van der Waals surface area contributed by atoms with Crippen molar-refractivity contribution < 1.29 is 0 Å². The first-order chi connectivity index (χ1) is 9.21. The van der Waals surface area contributed by atoms with Gasteiger partial charge in [0.2, 0.25) is 0 Å². The summed E-state index contributed by atoms with van der Waals surface area (Å²) in [6.07, 6.45) is 0.591. The predicted octanol–water partition coefficient (Wildman–Crippen LogP) is 1.23. The Hall–Kier alpha value is -2.75. The fraction of sp³-hybridized carbons (Fsp3) is 0.154. The van der Waals surface area contributed by atoms with Gasteiger partial charge in [-0.25, -0.2) is 4.98 Å². The molecule has 0 aliphatic heterocycles. The maximum absolute atomic E-state index is 9.17. The van der Waals surface area contributed by atoms with E-state index in [-0.39, 0.29) is 46.6 Å². The minimum atomic E-state index is -0.0943. The van der Waals surface area contributed by atoms with E-state index in [2.05, 4.69) is 9.97 Å². The Labute approximate surface area is 127 Å². The van der Waals surface area contributed by atoms with Crippen LogP contribution in [0.25, 0.3) is 11.0 Å². The van der Waals surface area contributed by atoms with Crippen LogP contribution >= 0.6 is 0 Å². The second kappa shape index (κ2) is 5.93. The van der Waals surface area contributed by atoms with Crippen LogP contribution < -0.4 is 0 Å². The summed E-state index contributed by atoms with van der Waals surface area (Å²) in [4.78, 5) is 7.13. The van der Waals surface area contributed by atoms with Gasteiger partial charge in [-0.05, 0) is 0 Å². The van der Waals surface area contributed by atoms with E-state index in [1.165, 1.54) is 0 Å². The Bertz CT molecular complexity index is 782. The van der Waals surface area contributed by atoms with Crippen LogP contribution in [0, 0.1) is 45.3 Å². The number of hydrogen-bond donors (Lipinski definition) is 1. The Kier molecular flexibility index (Phi) is 4.53. The molecule has 0 unspecified atom stereocenters. The topological polar surface area (TPSA) is 124 Å². The van der Waals surface area contributed by atoms with Gasteiger partial charge in [0, 0.05) is 25.3 Å². The molecule has 20 heavy (non-hydrogen) atoms. The molecule has 0 bridgehead atoms. The largest absolute Gasteiger partial charge is 0.341 e. The molecule has 0 saturated carbocycles. The maximum atomic E-state index is 9.17. The monoisotopic (exact) mass is 253 g/mol. The number of imidazole rings is 1. The average Bonchev–Trinajstić information content (AvgIpc) is 2.87. The molecule has 0 amide bonds. The number of aryl methyl sites for hydroxylation is 1. The molecule has 0 saturated heterocycles. The third-order valence-electron chi connectivity index (χ3n) is 2.77. The van der Waals surface area contributed by atoms with Gasteiger partial charge in [-0.3, -0.25) is 0 Å². The van der Waals surface area contributed by atoms with Gasteiger partial charge in [0.15, 0.2) is 0 Å². The number of rotatable bonds is 1. The standard InChI is InChI=1S/C13H6N6.Li/c1-2-11-18-12-9(5-16)7(3-14)8(4-15)10(6-17)13(12)19-11;/h2H2,1H3,(H,18,19);. The van der Waals surface area contributed by atoms with Gasteiger partial charge in [-0.15, -0.1) is 0 Å². The number of aromatic nitrogens is 2. The van der Waals surface area contributed by atoms with Crippen LogP contribution in [-0.2, 0) is 6.42 Å². The van der Waals surface area contributed by atoms with Gasteiger partial charge in [0.05, 0.1) is 27.8 Å². The zero-order valence-electron chi connectivity index (χ0n) is 10.9. The first-order valence-electron chi connectivity index (χ1n) is 5.40. The van der Waals surface area contributed by atoms with Crippen molar-refractivity contribution in [2.75, 3.05) is 0 Å². The first-order valence-corrected chi connectivity index (χ1v) is 5.40. The number of nitriles is 4. The molecule has 1 aromatic carbocycles. The van der Waals surface area contributed by atoms with Crippen LogP contribution in [0.2, 0.25) is 0 Å². The molecule has 6 nitrogen and oxygen atoms in total. The van der Waals surface area contributed by atoms with E-state index in [1.807, 2.05) is 31.2 Å². The van der Waals surface area contributed by atoms with E-state index in [9.17, 15) is 5.26 Å². The van der Waals surface area contributed by atoms with E-state index >= 15 is 0 Å². The Morgan fingerprint density at radius 2 is 1.40 bits per heavy atom. The van der Waals surface area contributed by atoms with E-state index < -0.39 is 0 Å². The Morgan fingerprint density at radius 3 is 1.85 bits per heavy atom. The number of nitrogens with zero attached hydrogens (tertiary/aromatic N) is 5. The van der Waals surface area contributed by atoms with Crippen LogP contribution in [0.5, 0.6) is 0 Å². The van der Waals surface area contributed by atoms with Gasteiger partial charge >= 0.3 is 0 Å². The van der Waals surface area contributed by atoms with Crippen molar-refractivity contribution in [1.82, 2.24) is 9.97 Å². The Morgan fingerprint density at radius 1 is 0.900 bits per heavy atom. The normalized spacial score (nSPS) is 8.85. The van der Waals surface area contributed by atoms with Crippen LogP contribution in [-0.4, -0.2) is 28.8 Å². The van der Waals surface area contributed by atoms with Crippen molar-refractivity contribution in [2.45, 2.75) is 13.3 Å². The van der Waals surface area contributed by atoms with Crippen molar-refractivity contribution in [3.8, 4) is 24.3 Å². The number of nitrogens with one attached hydrogen (secondary N) is 1. The molecule has 0 atom stereocenters. The molecule has 89 valence electrons. The van der Waals surface area contributed by atoms with E-state index in [0.29, 0.717) is 17.8 Å². The molecule has 1 heterocycles. The van der Waals surface area contributed by atoms with Crippen molar-refractivity contribution in [1.29, 1.82) is 21.0 Å². The third kappa shape index (κ3) is 2.01. The van der Waals surface area contributed by atoms with Crippen molar-refractivity contribution in [3.05, 3.63) is 28.1 Å². The number of hydrogen-bond acceptors (Lipinski definition) is 5. The van der Waals surface area contributed by atoms with Crippen LogP contribution in [0.4, 0.5) is 0 Å². The number of H-pyrrole nitrogens is 1. The zero-order valence-corrected chi connectivity index (χ0v) is 10.9. The van der Waals surface area contributed by atoms with E-state index in [1.54, 1.807) is 0 Å². The summed E-state index contributed by atoms with van der Waals surface area (Å²) in [5.41, 5.74) is 0.519. The van der Waals surface area contributed by atoms with E-state index in [4.69, 9.17) is 15.8 Å². The first kappa shape index (κ1) is 15.3.